The van der Waals surface area contributed by atoms with Gasteiger partial charge in [-0.15, -0.1) is 10.2 Å². The van der Waals surface area contributed by atoms with Crippen molar-refractivity contribution in [1.29, 1.82) is 5.26 Å². The molecule has 1 atom stereocenters. The van der Waals surface area contributed by atoms with Gasteiger partial charge < -0.3 is 13.9 Å². The van der Waals surface area contributed by atoms with Crippen molar-refractivity contribution in [2.24, 2.45) is 0 Å². The van der Waals surface area contributed by atoms with E-state index in [0.717, 1.165) is 5.56 Å². The number of nitriles is 1. The lowest BCUT2D eigenvalue weighted by Crippen LogP contribution is -2.29. The zero-order chi connectivity index (χ0) is 15.4. The van der Waals surface area contributed by atoms with E-state index in [2.05, 4.69) is 16.3 Å². The third-order valence-electron chi connectivity index (χ3n) is 3.69. The molecule has 0 spiro atoms. The predicted octanol–water partition coefficient (Wildman–Crippen LogP) is 2.37. The Labute approximate surface area is 128 Å². The highest BCUT2D eigenvalue weighted by Gasteiger charge is 2.42. The molecule has 22 heavy (non-hydrogen) atoms. The van der Waals surface area contributed by atoms with Gasteiger partial charge in [0.1, 0.15) is 0 Å². The first kappa shape index (κ1) is 14.4. The lowest BCUT2D eigenvalue weighted by atomic mass is 10.0. The Balaban J connectivity index is 1.83. The molecule has 112 valence electrons. The van der Waals surface area contributed by atoms with E-state index < -0.39 is 5.60 Å². The molecule has 1 unspecified atom stereocenters. The van der Waals surface area contributed by atoms with E-state index in [9.17, 15) is 0 Å². The van der Waals surface area contributed by atoms with Crippen LogP contribution in [-0.2, 0) is 15.1 Å². The van der Waals surface area contributed by atoms with E-state index in [1.54, 1.807) is 25.3 Å². The summed E-state index contributed by atoms with van der Waals surface area (Å²) in [4.78, 5) is 0. The first-order valence-electron chi connectivity index (χ1n) is 6.91. The van der Waals surface area contributed by atoms with Gasteiger partial charge in [0, 0.05) is 19.6 Å². The lowest BCUT2D eigenvalue weighted by molar-refractivity contribution is -0.0412. The Bertz CT molecular complexity index is 724. The molecule has 1 fully saturated rings. The van der Waals surface area contributed by atoms with Gasteiger partial charge in [-0.05, 0) is 17.7 Å². The second kappa shape index (κ2) is 6.10. The summed E-state index contributed by atoms with van der Waals surface area (Å²) in [6.45, 7) is 1.02. The van der Waals surface area contributed by atoms with Crippen molar-refractivity contribution in [2.45, 2.75) is 12.0 Å². The van der Waals surface area contributed by atoms with Crippen molar-refractivity contribution in [3.8, 4) is 6.07 Å². The lowest BCUT2D eigenvalue weighted by Gasteiger charge is -2.20. The maximum atomic E-state index is 9.06. The van der Waals surface area contributed by atoms with Gasteiger partial charge in [0.05, 0.1) is 24.8 Å². The molecule has 6 nitrogen and oxygen atoms in total. The average Bonchev–Trinajstić information content (AvgIpc) is 3.23. The van der Waals surface area contributed by atoms with Gasteiger partial charge in [0.2, 0.25) is 5.89 Å². The van der Waals surface area contributed by atoms with Crippen LogP contribution in [0.1, 0.15) is 29.3 Å². The zero-order valence-electron chi connectivity index (χ0n) is 12.2. The normalized spacial score (nSPS) is 21.3. The molecule has 1 aliphatic rings. The molecular weight excluding hydrogens is 282 g/mol. The Morgan fingerprint density at radius 2 is 2.18 bits per heavy atom. The van der Waals surface area contributed by atoms with Crippen molar-refractivity contribution >= 4 is 12.2 Å². The first-order valence-corrected chi connectivity index (χ1v) is 6.91. The molecule has 0 N–H and O–H groups in total. The van der Waals surface area contributed by atoms with Crippen molar-refractivity contribution < 1.29 is 13.9 Å². The van der Waals surface area contributed by atoms with E-state index in [1.165, 1.54) is 0 Å². The third kappa shape index (κ3) is 2.64. The molecule has 1 aromatic carbocycles. The predicted molar refractivity (Wildman–Crippen MR) is 78.5 cm³/mol. The number of methoxy groups -OCH3 is 1. The summed E-state index contributed by atoms with van der Waals surface area (Å²) in [6, 6.07) is 9.45. The van der Waals surface area contributed by atoms with Crippen LogP contribution in [0.3, 0.4) is 0 Å². The number of benzene rings is 1. The summed E-state index contributed by atoms with van der Waals surface area (Å²) in [5.41, 5.74) is 0.746. The molecule has 1 saturated heterocycles. The van der Waals surface area contributed by atoms with Gasteiger partial charge in [-0.25, -0.2) is 0 Å². The van der Waals surface area contributed by atoms with Gasteiger partial charge in [-0.2, -0.15) is 5.26 Å². The average molecular weight is 297 g/mol. The van der Waals surface area contributed by atoms with Gasteiger partial charge in [-0.1, -0.05) is 18.2 Å². The van der Waals surface area contributed by atoms with E-state index in [0.29, 0.717) is 37.0 Å². The molecule has 0 bridgehead atoms. The quantitative estimate of drug-likeness (QED) is 0.861. The van der Waals surface area contributed by atoms with Crippen LogP contribution in [0.5, 0.6) is 0 Å². The molecular formula is C16H15N3O3. The maximum Gasteiger partial charge on any atom is 0.251 e. The van der Waals surface area contributed by atoms with Crippen LogP contribution < -0.4 is 0 Å². The summed E-state index contributed by atoms with van der Waals surface area (Å²) >= 11 is 0. The largest absolute Gasteiger partial charge is 0.418 e. The Kier molecular flexibility index (Phi) is 4.00. The Hall–Kier alpha value is -2.49. The Morgan fingerprint density at radius 1 is 1.32 bits per heavy atom. The van der Waals surface area contributed by atoms with Crippen LogP contribution in [0.4, 0.5) is 0 Å². The number of rotatable bonds is 4. The zero-order valence-corrected chi connectivity index (χ0v) is 12.2. The first-order chi connectivity index (χ1) is 10.8. The monoisotopic (exact) mass is 297 g/mol. The van der Waals surface area contributed by atoms with Crippen molar-refractivity contribution in [3.63, 3.8) is 0 Å². The highest BCUT2D eigenvalue weighted by Crippen LogP contribution is 2.33. The number of nitrogens with zero attached hydrogens (tertiary/aromatic N) is 3. The fourth-order valence-electron chi connectivity index (χ4n) is 2.35. The second-order valence-corrected chi connectivity index (χ2v) is 4.98. The van der Waals surface area contributed by atoms with Gasteiger partial charge >= 0.3 is 0 Å². The minimum atomic E-state index is -0.649. The topological polar surface area (TPSA) is 81.2 Å². The SMILES string of the molecule is COC1(c2nnc(/C=C/c3ccccc3C#N)o2)CCOC1. The van der Waals surface area contributed by atoms with E-state index in [1.807, 2.05) is 18.2 Å². The van der Waals surface area contributed by atoms with E-state index in [-0.39, 0.29) is 0 Å². The summed E-state index contributed by atoms with van der Waals surface area (Å²) in [5.74, 6) is 0.784. The highest BCUT2D eigenvalue weighted by atomic mass is 16.6. The number of aromatic nitrogens is 2. The standard InChI is InChI=1S/C16H15N3O3/c1-20-16(8-9-21-11-16)15-19-18-14(22-15)7-6-12-4-2-3-5-13(12)10-17/h2-7H,8-9,11H2,1H3/b7-6+. The van der Waals surface area contributed by atoms with Crippen LogP contribution in [0.2, 0.25) is 0 Å². The van der Waals surface area contributed by atoms with Gasteiger partial charge in [0.25, 0.3) is 5.89 Å². The van der Waals surface area contributed by atoms with Crippen LogP contribution in [0.25, 0.3) is 12.2 Å². The molecule has 6 heteroatoms. The van der Waals surface area contributed by atoms with Crippen LogP contribution in [-0.4, -0.2) is 30.5 Å². The summed E-state index contributed by atoms with van der Waals surface area (Å²) in [7, 11) is 1.61. The highest BCUT2D eigenvalue weighted by molar-refractivity contribution is 5.69. The number of hydrogen-bond donors (Lipinski definition) is 0. The second-order valence-electron chi connectivity index (χ2n) is 4.98. The molecule has 3 rings (SSSR count). The minimum absolute atomic E-state index is 0.367. The van der Waals surface area contributed by atoms with Crippen LogP contribution in [0.15, 0.2) is 28.7 Å². The van der Waals surface area contributed by atoms with E-state index in [4.69, 9.17) is 19.2 Å². The molecule has 2 aromatic rings. The Morgan fingerprint density at radius 3 is 2.91 bits per heavy atom. The number of ether oxygens (including phenoxy) is 2. The molecule has 1 aliphatic heterocycles. The number of hydrogen-bond acceptors (Lipinski definition) is 6. The van der Waals surface area contributed by atoms with Crippen LogP contribution >= 0.6 is 0 Å². The maximum absolute atomic E-state index is 9.06. The summed E-state index contributed by atoms with van der Waals surface area (Å²) < 4.78 is 16.5. The van der Waals surface area contributed by atoms with Crippen molar-refractivity contribution in [2.75, 3.05) is 20.3 Å². The fraction of sp³-hybridized carbons (Fsp3) is 0.312. The molecule has 0 amide bonds. The summed E-state index contributed by atoms with van der Waals surface area (Å²) in [6.07, 6.45) is 4.15. The smallest absolute Gasteiger partial charge is 0.251 e. The van der Waals surface area contributed by atoms with E-state index >= 15 is 0 Å². The molecule has 0 radical (unpaired) electrons. The molecule has 1 aromatic heterocycles. The molecule has 0 aliphatic carbocycles. The fourth-order valence-corrected chi connectivity index (χ4v) is 2.35. The van der Waals surface area contributed by atoms with Crippen molar-refractivity contribution in [1.82, 2.24) is 10.2 Å². The minimum Gasteiger partial charge on any atom is -0.418 e. The van der Waals surface area contributed by atoms with Gasteiger partial charge in [0.15, 0.2) is 5.60 Å². The molecule has 0 saturated carbocycles. The van der Waals surface area contributed by atoms with Gasteiger partial charge in [-0.3, -0.25) is 0 Å². The third-order valence-corrected chi connectivity index (χ3v) is 3.69. The summed E-state index contributed by atoms with van der Waals surface area (Å²) in [5, 5.41) is 17.1. The van der Waals surface area contributed by atoms with Crippen LogP contribution in [0, 0.1) is 11.3 Å². The molecule has 2 heterocycles. The van der Waals surface area contributed by atoms with Crippen molar-refractivity contribution in [3.05, 3.63) is 47.2 Å².